The van der Waals surface area contributed by atoms with Gasteiger partial charge in [0.05, 0.1) is 5.41 Å². The first-order valence-electron chi connectivity index (χ1n) is 12.6. The van der Waals surface area contributed by atoms with E-state index in [1.54, 1.807) is 17.0 Å². The zero-order chi connectivity index (χ0) is 24.5. The second-order valence-corrected chi connectivity index (χ2v) is 10.7. The summed E-state index contributed by atoms with van der Waals surface area (Å²) < 4.78 is 15.0. The minimum atomic E-state index is -1.53. The Kier molecular flexibility index (Phi) is 7.20. The monoisotopic (exact) mass is 470 g/mol. The quantitative estimate of drug-likeness (QED) is 0.565. The summed E-state index contributed by atoms with van der Waals surface area (Å²) >= 11 is 0. The van der Waals surface area contributed by atoms with Crippen molar-refractivity contribution < 1.29 is 23.6 Å². The lowest BCUT2D eigenvalue weighted by atomic mass is 9.75. The molecule has 184 valence electrons. The van der Waals surface area contributed by atoms with Gasteiger partial charge >= 0.3 is 0 Å². The summed E-state index contributed by atoms with van der Waals surface area (Å²) in [7, 11) is 0. The van der Waals surface area contributed by atoms with Gasteiger partial charge in [-0.15, -0.1) is 0 Å². The Morgan fingerprint density at radius 3 is 2.47 bits per heavy atom. The molecule has 1 aliphatic carbocycles. The summed E-state index contributed by atoms with van der Waals surface area (Å²) in [5.41, 5.74) is -1.41. The first-order chi connectivity index (χ1) is 16.2. The number of carbonyl (C=O) groups is 4. The van der Waals surface area contributed by atoms with Gasteiger partial charge in [0.15, 0.2) is 0 Å². The van der Waals surface area contributed by atoms with Crippen LogP contribution in [0.2, 0.25) is 0 Å². The number of piperidine rings is 1. The van der Waals surface area contributed by atoms with Crippen LogP contribution < -0.4 is 0 Å². The number of halogens is 1. The Morgan fingerprint density at radius 1 is 1.09 bits per heavy atom. The lowest BCUT2D eigenvalue weighted by Crippen LogP contribution is -2.48. The van der Waals surface area contributed by atoms with Gasteiger partial charge in [-0.3, -0.25) is 24.1 Å². The van der Waals surface area contributed by atoms with E-state index in [1.165, 1.54) is 17.0 Å². The minimum absolute atomic E-state index is 0.117. The fraction of sp³-hybridized carbons (Fsp3) is 0.630. The van der Waals surface area contributed by atoms with Crippen LogP contribution in [0, 0.1) is 17.7 Å². The molecule has 0 unspecified atom stereocenters. The Hall–Kier alpha value is -2.57. The number of benzene rings is 1. The van der Waals surface area contributed by atoms with E-state index in [2.05, 4.69) is 0 Å². The molecule has 4 rings (SSSR count). The molecular weight excluding hydrogens is 435 g/mol. The molecule has 0 radical (unpaired) electrons. The number of nitrogens with zero attached hydrogens (tertiary/aromatic N) is 2. The second-order valence-electron chi connectivity index (χ2n) is 10.7. The normalized spacial score (nSPS) is 26.1. The van der Waals surface area contributed by atoms with Crippen molar-refractivity contribution in [2.24, 2.45) is 11.8 Å². The highest BCUT2D eigenvalue weighted by Gasteiger charge is 2.57. The van der Waals surface area contributed by atoms with Gasteiger partial charge in [-0.05, 0) is 37.7 Å². The molecule has 0 bridgehead atoms. The van der Waals surface area contributed by atoms with Gasteiger partial charge in [0.2, 0.25) is 17.7 Å². The third-order valence-corrected chi connectivity index (χ3v) is 7.72. The van der Waals surface area contributed by atoms with Gasteiger partial charge in [-0.2, -0.15) is 0 Å². The molecule has 1 saturated carbocycles. The molecule has 3 aliphatic rings. The van der Waals surface area contributed by atoms with Crippen molar-refractivity contribution in [3.8, 4) is 0 Å². The number of Topliss-reactive ketones (excluding diaryl/α,β-unsaturated/α-hetero) is 1. The number of imide groups is 1. The highest BCUT2D eigenvalue weighted by molar-refractivity contribution is 6.11. The topological polar surface area (TPSA) is 74.8 Å². The van der Waals surface area contributed by atoms with Gasteiger partial charge in [0.25, 0.3) is 0 Å². The molecule has 2 heterocycles. The van der Waals surface area contributed by atoms with Crippen molar-refractivity contribution in [3.63, 3.8) is 0 Å². The number of carbonyl (C=O) groups excluding carboxylic acids is 4. The van der Waals surface area contributed by atoms with Gasteiger partial charge in [-0.1, -0.05) is 44.9 Å². The summed E-state index contributed by atoms with van der Waals surface area (Å²) in [4.78, 5) is 56.0. The first-order valence-corrected chi connectivity index (χ1v) is 12.6. The molecule has 7 heteroatoms. The third-order valence-electron chi connectivity index (χ3n) is 7.72. The standard InChI is InChI=1S/C27H35FN2O4/c1-18(2)14-23(31)19-8-7-13-29(17-19)24(32)15-27(21-11-5-6-12-22(21)28)16-25(33)30(26(27)34)20-9-3-4-10-20/h5-6,11-12,18-20H,3-4,7-10,13-17H2,1-2H3/t19-,27+/m1/s1. The van der Waals surface area contributed by atoms with Crippen LogP contribution in [0.3, 0.4) is 0 Å². The summed E-state index contributed by atoms with van der Waals surface area (Å²) in [6.45, 7) is 4.83. The van der Waals surface area contributed by atoms with E-state index in [-0.39, 0.29) is 53.9 Å². The molecule has 34 heavy (non-hydrogen) atoms. The highest BCUT2D eigenvalue weighted by atomic mass is 19.1. The number of likely N-dealkylation sites (tertiary alicyclic amines) is 2. The molecular formula is C27H35FN2O4. The Balaban J connectivity index is 1.60. The molecule has 2 saturated heterocycles. The van der Waals surface area contributed by atoms with Crippen molar-refractivity contribution in [1.29, 1.82) is 0 Å². The van der Waals surface area contributed by atoms with Gasteiger partial charge in [0, 0.05) is 49.9 Å². The molecule has 0 N–H and O–H groups in total. The molecule has 3 amide bonds. The lowest BCUT2D eigenvalue weighted by molar-refractivity contribution is -0.145. The predicted octanol–water partition coefficient (Wildman–Crippen LogP) is 4.01. The van der Waals surface area contributed by atoms with Crippen LogP contribution in [0.4, 0.5) is 4.39 Å². The molecule has 0 aromatic heterocycles. The maximum atomic E-state index is 15.0. The van der Waals surface area contributed by atoms with Crippen LogP contribution in [-0.4, -0.2) is 52.4 Å². The summed E-state index contributed by atoms with van der Waals surface area (Å²) in [6.07, 6.45) is 4.91. The maximum Gasteiger partial charge on any atom is 0.241 e. The number of rotatable bonds is 7. The molecule has 1 aromatic rings. The molecule has 2 atom stereocenters. The van der Waals surface area contributed by atoms with Crippen molar-refractivity contribution in [1.82, 2.24) is 9.80 Å². The SMILES string of the molecule is CC(C)CC(=O)[C@@H]1CCCN(C(=O)C[C@@]2(c3ccccc3F)CC(=O)N(C3CCCC3)C2=O)C1. The number of hydrogen-bond acceptors (Lipinski definition) is 4. The Labute approximate surface area is 200 Å². The Morgan fingerprint density at radius 2 is 1.79 bits per heavy atom. The number of hydrogen-bond donors (Lipinski definition) is 0. The van der Waals surface area contributed by atoms with Crippen LogP contribution >= 0.6 is 0 Å². The minimum Gasteiger partial charge on any atom is -0.342 e. The number of ketones is 1. The zero-order valence-corrected chi connectivity index (χ0v) is 20.2. The molecule has 1 aromatic carbocycles. The molecule has 0 spiro atoms. The van der Waals surface area contributed by atoms with Gasteiger partial charge < -0.3 is 4.90 Å². The van der Waals surface area contributed by atoms with E-state index in [9.17, 15) is 19.2 Å². The van der Waals surface area contributed by atoms with Crippen LogP contribution in [0.15, 0.2) is 24.3 Å². The largest absolute Gasteiger partial charge is 0.342 e. The van der Waals surface area contributed by atoms with E-state index in [1.807, 2.05) is 13.8 Å². The summed E-state index contributed by atoms with van der Waals surface area (Å²) in [5.74, 6) is -1.43. The van der Waals surface area contributed by atoms with Crippen molar-refractivity contribution in [3.05, 3.63) is 35.6 Å². The van der Waals surface area contributed by atoms with Crippen molar-refractivity contribution >= 4 is 23.5 Å². The summed E-state index contributed by atoms with van der Waals surface area (Å²) in [5, 5.41) is 0. The van der Waals surface area contributed by atoms with Gasteiger partial charge in [-0.25, -0.2) is 4.39 Å². The first kappa shape index (κ1) is 24.6. The van der Waals surface area contributed by atoms with E-state index in [4.69, 9.17) is 0 Å². The van der Waals surface area contributed by atoms with Crippen LogP contribution in [0.1, 0.15) is 77.2 Å². The molecule has 2 aliphatic heterocycles. The van der Waals surface area contributed by atoms with E-state index < -0.39 is 17.1 Å². The van der Waals surface area contributed by atoms with Crippen molar-refractivity contribution in [2.45, 2.75) is 83.1 Å². The highest BCUT2D eigenvalue weighted by Crippen LogP contribution is 2.44. The van der Waals surface area contributed by atoms with Gasteiger partial charge in [0.1, 0.15) is 11.6 Å². The van der Waals surface area contributed by atoms with E-state index in [0.29, 0.717) is 25.9 Å². The van der Waals surface area contributed by atoms with Crippen LogP contribution in [0.25, 0.3) is 0 Å². The smallest absolute Gasteiger partial charge is 0.241 e. The fourth-order valence-corrected chi connectivity index (χ4v) is 5.99. The molecule has 3 fully saturated rings. The average molecular weight is 471 g/mol. The van der Waals surface area contributed by atoms with Crippen LogP contribution in [0.5, 0.6) is 0 Å². The van der Waals surface area contributed by atoms with Crippen LogP contribution in [-0.2, 0) is 24.6 Å². The van der Waals surface area contributed by atoms with Crippen molar-refractivity contribution in [2.75, 3.05) is 13.1 Å². The zero-order valence-electron chi connectivity index (χ0n) is 20.2. The maximum absolute atomic E-state index is 15.0. The average Bonchev–Trinajstić information content (AvgIpc) is 3.40. The Bertz CT molecular complexity index is 971. The summed E-state index contributed by atoms with van der Waals surface area (Å²) in [6, 6.07) is 5.81. The lowest BCUT2D eigenvalue weighted by Gasteiger charge is -2.35. The third kappa shape index (κ3) is 4.66. The fourth-order valence-electron chi connectivity index (χ4n) is 5.99. The predicted molar refractivity (Wildman–Crippen MR) is 125 cm³/mol. The van der Waals surface area contributed by atoms with E-state index in [0.717, 1.165) is 32.1 Å². The number of amides is 3. The molecule has 6 nitrogen and oxygen atoms in total. The van der Waals surface area contributed by atoms with E-state index >= 15 is 4.39 Å². The second kappa shape index (κ2) is 9.96.